The topological polar surface area (TPSA) is 40.5 Å². The van der Waals surface area contributed by atoms with Crippen LogP contribution in [0.25, 0.3) is 66.8 Å². The third-order valence-electron chi connectivity index (χ3n) is 12.0. The van der Waals surface area contributed by atoms with Crippen LogP contribution >= 0.6 is 0 Å². The number of aromatic hydroxyl groups is 2. The Balaban J connectivity index is 1.13. The van der Waals surface area contributed by atoms with Gasteiger partial charge in [0.15, 0.2) is 0 Å². The molecule has 264 valence electrons. The smallest absolute Gasteiger partial charge is 0.127 e. The monoisotopic (exact) mass is 708 g/mol. The molecule has 0 atom stereocenters. The standard InChI is InChI=1S/C53H40O2/c54-51-47(45-31-41(35-13-5-1-6-14-35)29-42(32-45)36-15-7-2-8-16-36)23-21-39-25-27-53(49(39)51)28-26-40-22-24-48(52(55)50(40)53)46-33-43(37-17-9-3-10-18-37)30-44(34-46)38-19-11-4-12-20-38/h1-24,29-34,54-55H,25-28H2. The first kappa shape index (κ1) is 33.0. The van der Waals surface area contributed by atoms with Crippen molar-refractivity contribution in [2.24, 2.45) is 0 Å². The van der Waals surface area contributed by atoms with Gasteiger partial charge in [-0.2, -0.15) is 0 Å². The number of rotatable bonds is 6. The van der Waals surface area contributed by atoms with E-state index >= 15 is 0 Å². The molecule has 55 heavy (non-hydrogen) atoms. The van der Waals surface area contributed by atoms with Crippen LogP contribution in [0.4, 0.5) is 0 Å². The molecule has 0 saturated heterocycles. The molecule has 0 radical (unpaired) electrons. The number of fused-ring (bicyclic) bond motifs is 4. The highest BCUT2D eigenvalue weighted by Gasteiger charge is 2.49. The summed E-state index contributed by atoms with van der Waals surface area (Å²) in [6.07, 6.45) is 3.41. The first-order valence-corrected chi connectivity index (χ1v) is 19.3. The minimum Gasteiger partial charge on any atom is -0.507 e. The molecule has 0 aromatic heterocycles. The molecule has 2 aliphatic rings. The van der Waals surface area contributed by atoms with Gasteiger partial charge in [-0.1, -0.05) is 146 Å². The molecule has 2 nitrogen and oxygen atoms in total. The summed E-state index contributed by atoms with van der Waals surface area (Å²) < 4.78 is 0. The van der Waals surface area contributed by atoms with Crippen molar-refractivity contribution < 1.29 is 10.2 Å². The Morgan fingerprint density at radius 2 is 0.600 bits per heavy atom. The van der Waals surface area contributed by atoms with Crippen molar-refractivity contribution in [1.82, 2.24) is 0 Å². The van der Waals surface area contributed by atoms with Crippen molar-refractivity contribution in [2.75, 3.05) is 0 Å². The first-order chi connectivity index (χ1) is 27.1. The highest BCUT2D eigenvalue weighted by atomic mass is 16.3. The zero-order valence-corrected chi connectivity index (χ0v) is 30.5. The fourth-order valence-electron chi connectivity index (χ4n) is 9.42. The van der Waals surface area contributed by atoms with E-state index in [4.69, 9.17) is 0 Å². The lowest BCUT2D eigenvalue weighted by Gasteiger charge is -2.29. The van der Waals surface area contributed by atoms with Gasteiger partial charge < -0.3 is 10.2 Å². The molecule has 8 aromatic rings. The van der Waals surface area contributed by atoms with E-state index in [1.807, 2.05) is 24.3 Å². The van der Waals surface area contributed by atoms with Gasteiger partial charge >= 0.3 is 0 Å². The minimum absolute atomic E-state index is 0.328. The average molecular weight is 709 g/mol. The number of hydrogen-bond donors (Lipinski definition) is 2. The van der Waals surface area contributed by atoms with Crippen molar-refractivity contribution >= 4 is 0 Å². The van der Waals surface area contributed by atoms with Crippen LogP contribution in [0.2, 0.25) is 0 Å². The quantitative estimate of drug-likeness (QED) is 0.181. The maximum Gasteiger partial charge on any atom is 0.127 e. The summed E-state index contributed by atoms with van der Waals surface area (Å²) in [5.41, 5.74) is 16.3. The van der Waals surface area contributed by atoms with Crippen LogP contribution in [-0.4, -0.2) is 10.2 Å². The molecular formula is C53H40O2. The molecule has 10 rings (SSSR count). The first-order valence-electron chi connectivity index (χ1n) is 19.3. The molecule has 0 heterocycles. The van der Waals surface area contributed by atoms with Crippen molar-refractivity contribution in [3.8, 4) is 78.3 Å². The van der Waals surface area contributed by atoms with Gasteiger partial charge in [0.25, 0.3) is 0 Å². The Morgan fingerprint density at radius 3 is 0.909 bits per heavy atom. The minimum atomic E-state index is -0.483. The fraction of sp³-hybridized carbons (Fsp3) is 0.0943. The molecule has 8 aromatic carbocycles. The van der Waals surface area contributed by atoms with Crippen molar-refractivity contribution in [1.29, 1.82) is 0 Å². The fourth-order valence-corrected chi connectivity index (χ4v) is 9.42. The molecule has 0 saturated carbocycles. The SMILES string of the molecule is Oc1c(-c2cc(-c3ccccc3)cc(-c3ccccc3)c2)ccc2c1C1(CC2)CCc2ccc(-c3cc(-c4ccccc4)cc(-c4ccccc4)c3)c(O)c21. The van der Waals surface area contributed by atoms with Crippen LogP contribution in [0.15, 0.2) is 182 Å². The summed E-state index contributed by atoms with van der Waals surface area (Å²) in [6, 6.07) is 63.7. The number of phenolic OH excluding ortho intramolecular Hbond substituents is 2. The lowest BCUT2D eigenvalue weighted by molar-refractivity contribution is 0.418. The molecule has 2 heteroatoms. The third kappa shape index (κ3) is 5.65. The molecule has 1 spiro atoms. The molecule has 0 unspecified atom stereocenters. The second kappa shape index (κ2) is 13.3. The normalized spacial score (nSPS) is 13.8. The number of benzene rings is 8. The summed E-state index contributed by atoms with van der Waals surface area (Å²) in [5, 5.41) is 25.1. The van der Waals surface area contributed by atoms with Gasteiger partial charge in [0, 0.05) is 27.7 Å². The van der Waals surface area contributed by atoms with E-state index in [0.29, 0.717) is 11.5 Å². The average Bonchev–Trinajstić information content (AvgIpc) is 3.83. The zero-order chi connectivity index (χ0) is 36.9. The summed E-state index contributed by atoms with van der Waals surface area (Å²) in [7, 11) is 0. The van der Waals surface area contributed by atoms with E-state index < -0.39 is 5.41 Å². The predicted molar refractivity (Wildman–Crippen MR) is 226 cm³/mol. The second-order valence-electron chi connectivity index (χ2n) is 15.1. The Morgan fingerprint density at radius 1 is 0.309 bits per heavy atom. The van der Waals surface area contributed by atoms with Gasteiger partial charge in [-0.05, 0) is 129 Å². The van der Waals surface area contributed by atoms with Crippen molar-refractivity contribution in [3.63, 3.8) is 0 Å². The van der Waals surface area contributed by atoms with Gasteiger partial charge in [-0.25, -0.2) is 0 Å². The van der Waals surface area contributed by atoms with E-state index in [1.54, 1.807) is 0 Å². The Hall–Kier alpha value is -6.64. The zero-order valence-electron chi connectivity index (χ0n) is 30.5. The molecule has 2 aliphatic carbocycles. The Kier molecular flexibility index (Phi) is 7.99. The summed E-state index contributed by atoms with van der Waals surface area (Å²) in [5.74, 6) is 0.656. The summed E-state index contributed by atoms with van der Waals surface area (Å²) in [6.45, 7) is 0. The Labute approximate surface area is 322 Å². The van der Waals surface area contributed by atoms with E-state index in [-0.39, 0.29) is 0 Å². The third-order valence-corrected chi connectivity index (χ3v) is 12.0. The molecular weight excluding hydrogens is 669 g/mol. The van der Waals surface area contributed by atoms with Gasteiger partial charge in [0.1, 0.15) is 11.5 Å². The summed E-state index contributed by atoms with van der Waals surface area (Å²) >= 11 is 0. The van der Waals surface area contributed by atoms with Crippen LogP contribution in [-0.2, 0) is 18.3 Å². The van der Waals surface area contributed by atoms with E-state index in [2.05, 4.69) is 158 Å². The predicted octanol–water partition coefficient (Wildman–Crippen LogP) is 13.3. The largest absolute Gasteiger partial charge is 0.507 e. The summed E-state index contributed by atoms with van der Waals surface area (Å²) in [4.78, 5) is 0. The highest BCUT2D eigenvalue weighted by Crippen LogP contribution is 2.60. The molecule has 0 amide bonds. The second-order valence-corrected chi connectivity index (χ2v) is 15.1. The number of hydrogen-bond acceptors (Lipinski definition) is 2. The van der Waals surface area contributed by atoms with Crippen LogP contribution < -0.4 is 0 Å². The van der Waals surface area contributed by atoms with Gasteiger partial charge in [-0.3, -0.25) is 0 Å². The maximum absolute atomic E-state index is 12.6. The molecule has 0 bridgehead atoms. The highest BCUT2D eigenvalue weighted by molar-refractivity contribution is 5.87. The van der Waals surface area contributed by atoms with E-state index in [1.165, 1.54) is 11.1 Å². The number of phenols is 2. The maximum atomic E-state index is 12.6. The van der Waals surface area contributed by atoms with Crippen LogP contribution in [0.3, 0.4) is 0 Å². The van der Waals surface area contributed by atoms with Crippen LogP contribution in [0.1, 0.15) is 35.1 Å². The lowest BCUT2D eigenvalue weighted by atomic mass is 9.74. The van der Waals surface area contributed by atoms with Crippen molar-refractivity contribution in [3.05, 3.63) is 204 Å². The van der Waals surface area contributed by atoms with Gasteiger partial charge in [0.05, 0.1) is 0 Å². The van der Waals surface area contributed by atoms with E-state index in [9.17, 15) is 10.2 Å². The molecule has 0 fully saturated rings. The van der Waals surface area contributed by atoms with E-state index in [0.717, 1.165) is 104 Å². The lowest BCUT2D eigenvalue weighted by Crippen LogP contribution is -2.21. The Bertz CT molecular complexity index is 2390. The molecule has 0 aliphatic heterocycles. The molecule has 2 N–H and O–H groups in total. The van der Waals surface area contributed by atoms with Crippen LogP contribution in [0.5, 0.6) is 11.5 Å². The van der Waals surface area contributed by atoms with Gasteiger partial charge in [0.2, 0.25) is 0 Å². The van der Waals surface area contributed by atoms with Gasteiger partial charge in [-0.15, -0.1) is 0 Å². The van der Waals surface area contributed by atoms with Crippen molar-refractivity contribution in [2.45, 2.75) is 31.1 Å². The number of aryl methyl sites for hydroxylation is 2. The van der Waals surface area contributed by atoms with Crippen LogP contribution in [0, 0.1) is 0 Å².